The second-order valence-corrected chi connectivity index (χ2v) is 7.47. The van der Waals surface area contributed by atoms with Crippen LogP contribution < -0.4 is 21.5 Å². The van der Waals surface area contributed by atoms with E-state index in [-0.39, 0.29) is 6.17 Å². The SMILES string of the molecule is Cc1cc(NC2C=C(C3CC3)NN2)nc(NCc2ncc(-c3ccccc3)[nH]2)n1. The third kappa shape index (κ3) is 4.22. The molecule has 2 aromatic heterocycles. The van der Waals surface area contributed by atoms with Gasteiger partial charge in [-0.2, -0.15) is 4.98 Å². The Morgan fingerprint density at radius 2 is 2.00 bits per heavy atom. The highest BCUT2D eigenvalue weighted by molar-refractivity contribution is 5.58. The van der Waals surface area contributed by atoms with E-state index >= 15 is 0 Å². The van der Waals surface area contributed by atoms with E-state index in [1.165, 1.54) is 18.5 Å². The number of H-pyrrole nitrogens is 1. The van der Waals surface area contributed by atoms with Gasteiger partial charge in [0.1, 0.15) is 17.8 Å². The summed E-state index contributed by atoms with van der Waals surface area (Å²) in [6.07, 6.45) is 6.60. The van der Waals surface area contributed by atoms with Gasteiger partial charge in [-0.3, -0.25) is 0 Å². The molecule has 0 bridgehead atoms. The van der Waals surface area contributed by atoms with Gasteiger partial charge in [0.2, 0.25) is 5.95 Å². The van der Waals surface area contributed by atoms with Crippen LogP contribution in [0.3, 0.4) is 0 Å². The molecule has 1 aliphatic heterocycles. The number of hydrogen-bond acceptors (Lipinski definition) is 7. The third-order valence-corrected chi connectivity index (χ3v) is 5.02. The minimum atomic E-state index is 0.0197. The molecule has 1 aliphatic carbocycles. The Morgan fingerprint density at radius 3 is 2.83 bits per heavy atom. The van der Waals surface area contributed by atoms with Crippen LogP contribution in [0.1, 0.15) is 24.4 Å². The molecule has 8 heteroatoms. The molecule has 3 heterocycles. The lowest BCUT2D eigenvalue weighted by molar-refractivity contribution is 0.599. The van der Waals surface area contributed by atoms with Gasteiger partial charge in [-0.05, 0) is 37.3 Å². The van der Waals surface area contributed by atoms with Crippen LogP contribution in [0.15, 0.2) is 54.4 Å². The summed E-state index contributed by atoms with van der Waals surface area (Å²) < 4.78 is 0. The molecule has 0 saturated heterocycles. The fourth-order valence-electron chi connectivity index (χ4n) is 3.39. The van der Waals surface area contributed by atoms with Crippen LogP contribution >= 0.6 is 0 Å². The first-order valence-electron chi connectivity index (χ1n) is 9.91. The Labute approximate surface area is 169 Å². The van der Waals surface area contributed by atoms with Gasteiger partial charge < -0.3 is 21.0 Å². The molecule has 1 unspecified atom stereocenters. The number of imidazole rings is 1. The van der Waals surface area contributed by atoms with Crippen molar-refractivity contribution in [1.82, 2.24) is 30.8 Å². The first kappa shape index (κ1) is 17.7. The van der Waals surface area contributed by atoms with E-state index in [9.17, 15) is 0 Å². The normalized spacial score (nSPS) is 18.2. The van der Waals surface area contributed by atoms with Gasteiger partial charge in [-0.15, -0.1) is 0 Å². The Hall–Kier alpha value is -3.39. The predicted molar refractivity (Wildman–Crippen MR) is 113 cm³/mol. The number of nitrogens with one attached hydrogen (secondary N) is 5. The van der Waals surface area contributed by atoms with Crippen molar-refractivity contribution in [3.8, 4) is 11.3 Å². The number of benzene rings is 1. The van der Waals surface area contributed by atoms with E-state index in [0.717, 1.165) is 28.6 Å². The zero-order valence-electron chi connectivity index (χ0n) is 16.2. The number of allylic oxidation sites excluding steroid dienone is 1. The number of aryl methyl sites for hydroxylation is 1. The molecular weight excluding hydrogens is 364 g/mol. The van der Waals surface area contributed by atoms with Crippen LogP contribution in [0.4, 0.5) is 11.8 Å². The predicted octanol–water partition coefficient (Wildman–Crippen LogP) is 2.93. The molecular formula is C21H24N8. The van der Waals surface area contributed by atoms with E-state index in [1.807, 2.05) is 37.4 Å². The van der Waals surface area contributed by atoms with Crippen molar-refractivity contribution in [2.75, 3.05) is 10.6 Å². The number of nitrogens with zero attached hydrogens (tertiary/aromatic N) is 3. The number of hydrazine groups is 1. The maximum absolute atomic E-state index is 4.59. The van der Waals surface area contributed by atoms with Crippen LogP contribution in [0.25, 0.3) is 11.3 Å². The molecule has 3 aromatic rings. The summed E-state index contributed by atoms with van der Waals surface area (Å²) in [4.78, 5) is 16.9. The summed E-state index contributed by atoms with van der Waals surface area (Å²) in [7, 11) is 0. The third-order valence-electron chi connectivity index (χ3n) is 5.02. The van der Waals surface area contributed by atoms with Crippen molar-refractivity contribution >= 4 is 11.8 Å². The van der Waals surface area contributed by atoms with Crippen molar-refractivity contribution < 1.29 is 0 Å². The van der Waals surface area contributed by atoms with E-state index in [4.69, 9.17) is 0 Å². The smallest absolute Gasteiger partial charge is 0.225 e. The average Bonchev–Trinajstić information content (AvgIpc) is 3.29. The molecule has 5 rings (SSSR count). The molecule has 1 fully saturated rings. The lowest BCUT2D eigenvalue weighted by atomic mass is 10.2. The topological polar surface area (TPSA) is 103 Å². The molecule has 0 spiro atoms. The van der Waals surface area contributed by atoms with Gasteiger partial charge in [0, 0.05) is 17.5 Å². The molecule has 1 saturated carbocycles. The van der Waals surface area contributed by atoms with E-state index in [0.29, 0.717) is 18.4 Å². The summed E-state index contributed by atoms with van der Waals surface area (Å²) >= 11 is 0. The number of hydrogen-bond donors (Lipinski definition) is 5. The minimum Gasteiger partial charge on any atom is -0.350 e. The van der Waals surface area contributed by atoms with Gasteiger partial charge >= 0.3 is 0 Å². The lowest BCUT2D eigenvalue weighted by Crippen LogP contribution is -2.37. The van der Waals surface area contributed by atoms with Crippen molar-refractivity contribution in [2.24, 2.45) is 5.92 Å². The monoisotopic (exact) mass is 388 g/mol. The summed E-state index contributed by atoms with van der Waals surface area (Å²) in [5.41, 5.74) is 10.8. The molecule has 1 aromatic carbocycles. The zero-order valence-corrected chi connectivity index (χ0v) is 16.2. The highest BCUT2D eigenvalue weighted by Crippen LogP contribution is 2.36. The molecule has 29 heavy (non-hydrogen) atoms. The largest absolute Gasteiger partial charge is 0.350 e. The number of aromatic nitrogens is 4. The summed E-state index contributed by atoms with van der Waals surface area (Å²) in [6.45, 7) is 2.48. The van der Waals surface area contributed by atoms with E-state index in [2.05, 4.69) is 59.6 Å². The summed E-state index contributed by atoms with van der Waals surface area (Å²) in [6, 6.07) is 12.1. The fraction of sp³-hybridized carbons (Fsp3) is 0.286. The van der Waals surface area contributed by atoms with Gasteiger partial charge in [0.05, 0.1) is 18.4 Å². The zero-order chi connectivity index (χ0) is 19.6. The van der Waals surface area contributed by atoms with Crippen molar-refractivity contribution in [2.45, 2.75) is 32.5 Å². The van der Waals surface area contributed by atoms with Crippen molar-refractivity contribution in [3.05, 3.63) is 65.9 Å². The highest BCUT2D eigenvalue weighted by Gasteiger charge is 2.29. The number of aromatic amines is 1. The first-order chi connectivity index (χ1) is 14.2. The molecule has 5 N–H and O–H groups in total. The Balaban J connectivity index is 1.23. The maximum atomic E-state index is 4.59. The maximum Gasteiger partial charge on any atom is 0.225 e. The van der Waals surface area contributed by atoms with E-state index in [1.54, 1.807) is 0 Å². The molecule has 8 nitrogen and oxygen atoms in total. The highest BCUT2D eigenvalue weighted by atomic mass is 15.4. The van der Waals surface area contributed by atoms with Crippen molar-refractivity contribution in [1.29, 1.82) is 0 Å². The van der Waals surface area contributed by atoms with Crippen LogP contribution in [-0.4, -0.2) is 26.1 Å². The Morgan fingerprint density at radius 1 is 1.14 bits per heavy atom. The quantitative estimate of drug-likeness (QED) is 0.424. The van der Waals surface area contributed by atoms with Crippen LogP contribution in [0, 0.1) is 12.8 Å². The van der Waals surface area contributed by atoms with Gasteiger partial charge in [-0.25, -0.2) is 15.4 Å². The first-order valence-corrected chi connectivity index (χ1v) is 9.91. The van der Waals surface area contributed by atoms with Gasteiger partial charge in [0.15, 0.2) is 0 Å². The molecule has 148 valence electrons. The molecule has 0 amide bonds. The standard InChI is InChI=1S/C21H24N8/c1-13-9-18(26-19-10-16(28-29-19)15-7-8-15)27-21(24-13)23-12-20-22-11-17(25-20)14-5-3-2-4-6-14/h2-6,9-11,15,19,28-29H,7-8,12H2,1H3,(H,22,25)(H2,23,24,26,27). The van der Waals surface area contributed by atoms with Crippen LogP contribution in [0.2, 0.25) is 0 Å². The molecule has 2 aliphatic rings. The van der Waals surface area contributed by atoms with Crippen LogP contribution in [-0.2, 0) is 6.54 Å². The van der Waals surface area contributed by atoms with Gasteiger partial charge in [-0.1, -0.05) is 30.3 Å². The number of anilines is 2. The number of rotatable bonds is 7. The minimum absolute atomic E-state index is 0.0197. The average molecular weight is 388 g/mol. The van der Waals surface area contributed by atoms with Crippen molar-refractivity contribution in [3.63, 3.8) is 0 Å². The molecule has 0 radical (unpaired) electrons. The summed E-state index contributed by atoms with van der Waals surface area (Å²) in [5, 5.41) is 6.66. The lowest BCUT2D eigenvalue weighted by Gasteiger charge is -2.13. The second-order valence-electron chi connectivity index (χ2n) is 7.47. The van der Waals surface area contributed by atoms with Gasteiger partial charge in [0.25, 0.3) is 0 Å². The summed E-state index contributed by atoms with van der Waals surface area (Å²) in [5.74, 6) is 2.87. The Kier molecular flexibility index (Phi) is 4.61. The van der Waals surface area contributed by atoms with Crippen LogP contribution in [0.5, 0.6) is 0 Å². The fourth-order valence-corrected chi connectivity index (χ4v) is 3.39. The molecule has 1 atom stereocenters. The Bertz CT molecular complexity index is 1020. The van der Waals surface area contributed by atoms with E-state index < -0.39 is 0 Å². The second kappa shape index (κ2) is 7.56.